The molecule has 2 heterocycles. The number of aromatic nitrogens is 3. The molecule has 0 radical (unpaired) electrons. The average Bonchev–Trinajstić information content (AvgIpc) is 2.86. The van der Waals surface area contributed by atoms with Gasteiger partial charge in [0, 0.05) is 6.20 Å². The van der Waals surface area contributed by atoms with Gasteiger partial charge in [0.2, 0.25) is 0 Å². The number of alkyl halides is 3. The zero-order valence-electron chi connectivity index (χ0n) is 11.4. The third-order valence-electron chi connectivity index (χ3n) is 2.87. The van der Waals surface area contributed by atoms with Crippen LogP contribution in [0.15, 0.2) is 24.4 Å². The lowest BCUT2D eigenvalue weighted by molar-refractivity contribution is -0.141. The monoisotopic (exact) mass is 297 g/mol. The highest BCUT2D eigenvalue weighted by Gasteiger charge is 2.33. The Morgan fingerprint density at radius 1 is 1.29 bits per heavy atom. The Labute approximate surface area is 119 Å². The van der Waals surface area contributed by atoms with E-state index < -0.39 is 11.9 Å². The summed E-state index contributed by atoms with van der Waals surface area (Å²) < 4.78 is 39.5. The van der Waals surface area contributed by atoms with Crippen LogP contribution in [-0.4, -0.2) is 20.6 Å². The molecule has 0 amide bonds. The highest BCUT2D eigenvalue weighted by atomic mass is 19.4. The summed E-state index contributed by atoms with van der Waals surface area (Å²) in [4.78, 5) is 3.56. The molecule has 2 rings (SSSR count). The van der Waals surface area contributed by atoms with Crippen LogP contribution in [0.1, 0.15) is 36.7 Å². The number of nitrogen functional groups attached to an aromatic ring is 1. The Bertz CT molecular complexity index is 673. The molecule has 2 aromatic heterocycles. The average molecular weight is 297 g/mol. The Hall–Kier alpha value is -2.38. The van der Waals surface area contributed by atoms with Crippen LogP contribution in [0, 0.1) is 5.41 Å². The van der Waals surface area contributed by atoms with Crippen molar-refractivity contribution in [1.82, 2.24) is 14.8 Å². The predicted octanol–water partition coefficient (Wildman–Crippen LogP) is 2.69. The van der Waals surface area contributed by atoms with Crippen LogP contribution in [0.4, 0.5) is 13.2 Å². The van der Waals surface area contributed by atoms with Crippen LogP contribution in [0.5, 0.6) is 0 Å². The fourth-order valence-corrected chi connectivity index (χ4v) is 1.76. The lowest BCUT2D eigenvalue weighted by Gasteiger charge is -2.11. The van der Waals surface area contributed by atoms with Gasteiger partial charge >= 0.3 is 6.18 Å². The van der Waals surface area contributed by atoms with Crippen molar-refractivity contribution in [2.75, 3.05) is 0 Å². The second-order valence-corrected chi connectivity index (χ2v) is 4.82. The number of nitrogens with zero attached hydrogens (tertiary/aromatic N) is 3. The van der Waals surface area contributed by atoms with E-state index in [1.54, 1.807) is 6.07 Å². The van der Waals surface area contributed by atoms with Crippen LogP contribution in [-0.2, 0) is 6.18 Å². The largest absolute Gasteiger partial charge is 0.433 e. The molecule has 0 spiro atoms. The number of nitrogens with one attached hydrogen (secondary N) is 1. The molecule has 112 valence electrons. The van der Waals surface area contributed by atoms with Gasteiger partial charge in [-0.15, -0.1) is 0 Å². The normalized spacial score (nSPS) is 11.9. The minimum atomic E-state index is -4.57. The van der Waals surface area contributed by atoms with E-state index in [2.05, 4.69) is 10.1 Å². The molecule has 0 aliphatic heterocycles. The molecule has 0 unspecified atom stereocenters. The van der Waals surface area contributed by atoms with E-state index in [0.29, 0.717) is 5.69 Å². The zero-order chi connectivity index (χ0) is 15.8. The van der Waals surface area contributed by atoms with E-state index in [0.717, 1.165) is 12.1 Å². The standard InChI is InChI=1S/C13H14F3N5/c1-7(2)9-5-6-21(20-9)12-8(11(17)18)3-4-10(19-12)13(14,15)16/h3-7H,1-2H3,(H3,17,18). The Balaban J connectivity index is 2.60. The topological polar surface area (TPSA) is 80.6 Å². The Morgan fingerprint density at radius 2 is 1.95 bits per heavy atom. The first kappa shape index (κ1) is 15.0. The van der Waals surface area contributed by atoms with Gasteiger partial charge in [0.05, 0.1) is 11.3 Å². The summed E-state index contributed by atoms with van der Waals surface area (Å²) >= 11 is 0. The molecular weight excluding hydrogens is 283 g/mol. The van der Waals surface area contributed by atoms with Crippen molar-refractivity contribution in [3.8, 4) is 5.82 Å². The van der Waals surface area contributed by atoms with Crippen LogP contribution in [0.2, 0.25) is 0 Å². The van der Waals surface area contributed by atoms with Gasteiger partial charge in [-0.05, 0) is 24.1 Å². The van der Waals surface area contributed by atoms with E-state index in [-0.39, 0.29) is 23.1 Å². The van der Waals surface area contributed by atoms with Crippen molar-refractivity contribution >= 4 is 5.84 Å². The summed E-state index contributed by atoms with van der Waals surface area (Å²) in [6.45, 7) is 3.83. The number of pyridine rings is 1. The first-order chi connectivity index (χ1) is 9.70. The summed E-state index contributed by atoms with van der Waals surface area (Å²) in [5.41, 5.74) is 5.16. The SMILES string of the molecule is CC(C)c1ccn(-c2nc(C(F)(F)F)ccc2C(=N)N)n1. The lowest BCUT2D eigenvalue weighted by atomic mass is 10.1. The van der Waals surface area contributed by atoms with Gasteiger partial charge in [-0.1, -0.05) is 13.8 Å². The summed E-state index contributed by atoms with van der Waals surface area (Å²) in [5, 5.41) is 11.6. The maximum Gasteiger partial charge on any atom is 0.433 e. The lowest BCUT2D eigenvalue weighted by Crippen LogP contribution is -2.19. The van der Waals surface area contributed by atoms with Crippen molar-refractivity contribution in [3.05, 3.63) is 41.3 Å². The summed E-state index contributed by atoms with van der Waals surface area (Å²) in [6.07, 6.45) is -3.07. The molecule has 2 aromatic rings. The molecule has 21 heavy (non-hydrogen) atoms. The molecule has 0 aliphatic rings. The van der Waals surface area contributed by atoms with E-state index in [4.69, 9.17) is 11.1 Å². The fraction of sp³-hybridized carbons (Fsp3) is 0.308. The maximum absolute atomic E-state index is 12.8. The molecule has 0 saturated carbocycles. The minimum Gasteiger partial charge on any atom is -0.384 e. The predicted molar refractivity (Wildman–Crippen MR) is 71.5 cm³/mol. The second-order valence-electron chi connectivity index (χ2n) is 4.82. The number of nitrogens with two attached hydrogens (primary N) is 1. The molecule has 0 bridgehead atoms. The third kappa shape index (κ3) is 3.04. The molecule has 3 N–H and O–H groups in total. The number of amidine groups is 1. The van der Waals surface area contributed by atoms with Crippen molar-refractivity contribution in [3.63, 3.8) is 0 Å². The summed E-state index contributed by atoms with van der Waals surface area (Å²) in [7, 11) is 0. The van der Waals surface area contributed by atoms with Gasteiger partial charge < -0.3 is 5.73 Å². The molecule has 0 aromatic carbocycles. The summed E-state index contributed by atoms with van der Waals surface area (Å²) in [5.74, 6) is -0.352. The van der Waals surface area contributed by atoms with Gasteiger partial charge in [0.1, 0.15) is 11.5 Å². The number of halogens is 3. The van der Waals surface area contributed by atoms with E-state index >= 15 is 0 Å². The maximum atomic E-state index is 12.8. The van der Waals surface area contributed by atoms with Crippen molar-refractivity contribution in [2.45, 2.75) is 25.9 Å². The number of hydrogen-bond acceptors (Lipinski definition) is 3. The van der Waals surface area contributed by atoms with Gasteiger partial charge in [0.15, 0.2) is 5.82 Å². The Kier molecular flexibility index (Phi) is 3.71. The van der Waals surface area contributed by atoms with Crippen LogP contribution < -0.4 is 5.73 Å². The van der Waals surface area contributed by atoms with Crippen molar-refractivity contribution in [2.24, 2.45) is 5.73 Å². The van der Waals surface area contributed by atoms with Gasteiger partial charge in [-0.3, -0.25) is 5.41 Å². The first-order valence-electron chi connectivity index (χ1n) is 6.18. The highest BCUT2D eigenvalue weighted by Crippen LogP contribution is 2.29. The molecule has 0 atom stereocenters. The van der Waals surface area contributed by atoms with Crippen LogP contribution in [0.25, 0.3) is 5.82 Å². The summed E-state index contributed by atoms with van der Waals surface area (Å²) in [6, 6.07) is 3.62. The second kappa shape index (κ2) is 5.19. The molecule has 5 nitrogen and oxygen atoms in total. The van der Waals surface area contributed by atoms with E-state index in [1.807, 2.05) is 13.8 Å². The molecule has 0 saturated heterocycles. The van der Waals surface area contributed by atoms with E-state index in [1.165, 1.54) is 10.9 Å². The van der Waals surface area contributed by atoms with Crippen LogP contribution in [0.3, 0.4) is 0 Å². The van der Waals surface area contributed by atoms with E-state index in [9.17, 15) is 13.2 Å². The number of hydrogen-bond donors (Lipinski definition) is 2. The van der Waals surface area contributed by atoms with Crippen LogP contribution >= 0.6 is 0 Å². The van der Waals surface area contributed by atoms with Gasteiger partial charge in [-0.25, -0.2) is 9.67 Å². The molecule has 0 fully saturated rings. The smallest absolute Gasteiger partial charge is 0.384 e. The zero-order valence-corrected chi connectivity index (χ0v) is 11.4. The Morgan fingerprint density at radius 3 is 2.43 bits per heavy atom. The quantitative estimate of drug-likeness (QED) is 0.675. The highest BCUT2D eigenvalue weighted by molar-refractivity contribution is 5.97. The molecule has 0 aliphatic carbocycles. The number of rotatable bonds is 3. The van der Waals surface area contributed by atoms with Gasteiger partial charge in [-0.2, -0.15) is 18.3 Å². The molecule has 8 heteroatoms. The molecular formula is C13H14F3N5. The first-order valence-corrected chi connectivity index (χ1v) is 6.18. The van der Waals surface area contributed by atoms with Crippen molar-refractivity contribution < 1.29 is 13.2 Å². The van der Waals surface area contributed by atoms with Gasteiger partial charge in [0.25, 0.3) is 0 Å². The third-order valence-corrected chi connectivity index (χ3v) is 2.87. The fourth-order valence-electron chi connectivity index (χ4n) is 1.76. The van der Waals surface area contributed by atoms with Crippen molar-refractivity contribution in [1.29, 1.82) is 5.41 Å². The minimum absolute atomic E-state index is 0.0985.